The van der Waals surface area contributed by atoms with Gasteiger partial charge in [-0.1, -0.05) is 18.2 Å². The fraction of sp³-hybridized carbons (Fsp3) is 0.167. The van der Waals surface area contributed by atoms with Crippen LogP contribution >= 0.6 is 0 Å². The van der Waals surface area contributed by atoms with Crippen LogP contribution in [0.2, 0.25) is 0 Å². The van der Waals surface area contributed by atoms with E-state index in [9.17, 15) is 4.79 Å². The number of benzene rings is 1. The van der Waals surface area contributed by atoms with Crippen molar-refractivity contribution in [3.05, 3.63) is 54.5 Å². The zero-order chi connectivity index (χ0) is 16.8. The van der Waals surface area contributed by atoms with E-state index < -0.39 is 0 Å². The highest BCUT2D eigenvalue weighted by atomic mass is 16.2. The summed E-state index contributed by atoms with van der Waals surface area (Å²) in [5.41, 5.74) is 3.59. The van der Waals surface area contributed by atoms with Gasteiger partial charge in [-0.15, -0.1) is 0 Å². The summed E-state index contributed by atoms with van der Waals surface area (Å²) in [5.74, 6) is 0.414. The molecule has 0 aliphatic rings. The van der Waals surface area contributed by atoms with Crippen LogP contribution in [0, 0.1) is 0 Å². The number of aromatic nitrogens is 4. The summed E-state index contributed by atoms with van der Waals surface area (Å²) in [6.07, 6.45) is 3.37. The summed E-state index contributed by atoms with van der Waals surface area (Å²) in [5, 5.41) is 1.07. The highest BCUT2D eigenvalue weighted by Crippen LogP contribution is 2.32. The Labute approximate surface area is 139 Å². The lowest BCUT2D eigenvalue weighted by atomic mass is 10.2. The SMILES string of the molecule is CN(C)C(=O)c1cc2c(c3ccccc3n2C)n1-c1ncccn1. The molecule has 0 atom stereocenters. The minimum atomic E-state index is -0.0808. The smallest absolute Gasteiger partial charge is 0.270 e. The van der Waals surface area contributed by atoms with Gasteiger partial charge in [0.1, 0.15) is 5.69 Å². The Kier molecular flexibility index (Phi) is 3.13. The van der Waals surface area contributed by atoms with Crippen LogP contribution in [0.3, 0.4) is 0 Å². The Morgan fingerprint density at radius 1 is 1.04 bits per heavy atom. The third-order valence-electron chi connectivity index (χ3n) is 4.24. The number of carbonyl (C=O) groups excluding carboxylic acids is 1. The number of rotatable bonds is 2. The molecule has 120 valence electrons. The molecular weight excluding hydrogens is 302 g/mol. The van der Waals surface area contributed by atoms with E-state index in [4.69, 9.17) is 0 Å². The second-order valence-corrected chi connectivity index (χ2v) is 5.92. The van der Waals surface area contributed by atoms with E-state index in [2.05, 4.69) is 26.7 Å². The van der Waals surface area contributed by atoms with Gasteiger partial charge < -0.3 is 9.47 Å². The van der Waals surface area contributed by atoms with Crippen molar-refractivity contribution in [1.29, 1.82) is 0 Å². The molecule has 1 aromatic carbocycles. The van der Waals surface area contributed by atoms with E-state index in [1.807, 2.05) is 29.8 Å². The quantitative estimate of drug-likeness (QED) is 0.571. The van der Waals surface area contributed by atoms with Crippen LogP contribution in [-0.2, 0) is 7.05 Å². The molecule has 6 heteroatoms. The molecule has 3 aromatic heterocycles. The van der Waals surface area contributed by atoms with Crippen molar-refractivity contribution in [1.82, 2.24) is 24.0 Å². The van der Waals surface area contributed by atoms with Gasteiger partial charge in [0.2, 0.25) is 5.95 Å². The van der Waals surface area contributed by atoms with Crippen LogP contribution in [0.5, 0.6) is 0 Å². The standard InChI is InChI=1S/C18H17N5O/c1-21(2)17(24)15-11-14-16(23(15)18-19-9-6-10-20-18)12-7-4-5-8-13(12)22(14)3/h4-11H,1-3H3. The number of hydrogen-bond donors (Lipinski definition) is 0. The molecule has 0 saturated carbocycles. The Bertz CT molecular complexity index is 1060. The molecule has 0 aliphatic carbocycles. The Balaban J connectivity index is 2.17. The molecule has 24 heavy (non-hydrogen) atoms. The maximum absolute atomic E-state index is 12.7. The lowest BCUT2D eigenvalue weighted by Crippen LogP contribution is -2.24. The van der Waals surface area contributed by atoms with E-state index in [1.165, 1.54) is 0 Å². The van der Waals surface area contributed by atoms with Crippen LogP contribution in [0.4, 0.5) is 0 Å². The van der Waals surface area contributed by atoms with Crippen molar-refractivity contribution in [3.63, 3.8) is 0 Å². The summed E-state index contributed by atoms with van der Waals surface area (Å²) in [6, 6.07) is 11.8. The topological polar surface area (TPSA) is 56.0 Å². The molecular formula is C18H17N5O. The van der Waals surface area contributed by atoms with Crippen LogP contribution in [-0.4, -0.2) is 44.0 Å². The fourth-order valence-corrected chi connectivity index (χ4v) is 3.11. The average Bonchev–Trinajstić information content (AvgIpc) is 3.12. The fourth-order valence-electron chi connectivity index (χ4n) is 3.11. The summed E-state index contributed by atoms with van der Waals surface area (Å²) in [4.78, 5) is 23.0. The third kappa shape index (κ3) is 1.93. The van der Waals surface area contributed by atoms with E-state index in [0.29, 0.717) is 11.6 Å². The summed E-state index contributed by atoms with van der Waals surface area (Å²) < 4.78 is 3.94. The number of nitrogens with zero attached hydrogens (tertiary/aromatic N) is 5. The van der Waals surface area contributed by atoms with Gasteiger partial charge in [-0.25, -0.2) is 9.97 Å². The molecule has 0 aliphatic heterocycles. The third-order valence-corrected chi connectivity index (χ3v) is 4.24. The first-order chi connectivity index (χ1) is 11.6. The highest BCUT2D eigenvalue weighted by Gasteiger charge is 2.23. The number of amides is 1. The number of aryl methyl sites for hydroxylation is 1. The summed E-state index contributed by atoms with van der Waals surface area (Å²) in [6.45, 7) is 0. The molecule has 4 aromatic rings. The zero-order valence-electron chi connectivity index (χ0n) is 13.8. The lowest BCUT2D eigenvalue weighted by molar-refractivity contribution is 0.0820. The molecule has 0 radical (unpaired) electrons. The Morgan fingerprint density at radius 2 is 1.75 bits per heavy atom. The van der Waals surface area contributed by atoms with Gasteiger partial charge in [0.15, 0.2) is 0 Å². The van der Waals surface area contributed by atoms with E-state index in [-0.39, 0.29) is 5.91 Å². The van der Waals surface area contributed by atoms with Crippen molar-refractivity contribution in [2.75, 3.05) is 14.1 Å². The molecule has 0 saturated heterocycles. The Morgan fingerprint density at radius 3 is 2.46 bits per heavy atom. The van der Waals surface area contributed by atoms with Crippen LogP contribution in [0.25, 0.3) is 27.9 Å². The van der Waals surface area contributed by atoms with Crippen molar-refractivity contribution in [2.24, 2.45) is 7.05 Å². The zero-order valence-corrected chi connectivity index (χ0v) is 13.8. The minimum Gasteiger partial charge on any atom is -0.343 e. The predicted molar refractivity (Wildman–Crippen MR) is 93.4 cm³/mol. The second kappa shape index (κ2) is 5.19. The second-order valence-electron chi connectivity index (χ2n) is 5.92. The van der Waals surface area contributed by atoms with Crippen LogP contribution in [0.15, 0.2) is 48.8 Å². The van der Waals surface area contributed by atoms with Crippen LogP contribution < -0.4 is 0 Å². The maximum atomic E-state index is 12.7. The van der Waals surface area contributed by atoms with Crippen LogP contribution in [0.1, 0.15) is 10.5 Å². The van der Waals surface area contributed by atoms with Gasteiger partial charge in [0.25, 0.3) is 5.91 Å². The number of hydrogen-bond acceptors (Lipinski definition) is 3. The first-order valence-electron chi connectivity index (χ1n) is 7.67. The molecule has 3 heterocycles. The summed E-state index contributed by atoms with van der Waals surface area (Å²) >= 11 is 0. The molecule has 0 spiro atoms. The molecule has 1 amide bonds. The molecule has 0 unspecified atom stereocenters. The van der Waals surface area contributed by atoms with Gasteiger partial charge in [-0.05, 0) is 18.2 Å². The molecule has 0 bridgehead atoms. The first kappa shape index (κ1) is 14.4. The van der Waals surface area contributed by atoms with Gasteiger partial charge in [0, 0.05) is 38.9 Å². The molecule has 0 N–H and O–H groups in total. The average molecular weight is 319 g/mol. The van der Waals surface area contributed by atoms with Crippen molar-refractivity contribution < 1.29 is 4.79 Å². The van der Waals surface area contributed by atoms with Gasteiger partial charge in [-0.3, -0.25) is 9.36 Å². The largest absolute Gasteiger partial charge is 0.343 e. The number of fused-ring (bicyclic) bond motifs is 3. The van der Waals surface area contributed by atoms with Crippen molar-refractivity contribution >= 4 is 27.8 Å². The van der Waals surface area contributed by atoms with E-state index >= 15 is 0 Å². The lowest BCUT2D eigenvalue weighted by Gasteiger charge is -2.13. The monoisotopic (exact) mass is 319 g/mol. The highest BCUT2D eigenvalue weighted by molar-refractivity contribution is 6.10. The predicted octanol–water partition coefficient (Wildman–Crippen LogP) is 2.61. The first-order valence-corrected chi connectivity index (χ1v) is 7.67. The summed E-state index contributed by atoms with van der Waals surface area (Å²) in [7, 11) is 5.49. The van der Waals surface area contributed by atoms with Crippen molar-refractivity contribution in [3.8, 4) is 5.95 Å². The van der Waals surface area contributed by atoms with Gasteiger partial charge in [0.05, 0.1) is 16.6 Å². The molecule has 4 rings (SSSR count). The maximum Gasteiger partial charge on any atom is 0.270 e. The molecule has 0 fully saturated rings. The minimum absolute atomic E-state index is 0.0808. The van der Waals surface area contributed by atoms with E-state index in [1.54, 1.807) is 37.5 Å². The van der Waals surface area contributed by atoms with Gasteiger partial charge in [-0.2, -0.15) is 0 Å². The van der Waals surface area contributed by atoms with Gasteiger partial charge >= 0.3 is 0 Å². The Hall–Kier alpha value is -3.15. The molecule has 6 nitrogen and oxygen atoms in total. The number of carbonyl (C=O) groups is 1. The van der Waals surface area contributed by atoms with Crippen molar-refractivity contribution in [2.45, 2.75) is 0 Å². The van der Waals surface area contributed by atoms with E-state index in [0.717, 1.165) is 21.9 Å². The normalized spacial score (nSPS) is 11.3. The number of para-hydroxylation sites is 1.